The zero-order valence-electron chi connectivity index (χ0n) is 12.7. The summed E-state index contributed by atoms with van der Waals surface area (Å²) < 4.78 is 26.1. The zero-order chi connectivity index (χ0) is 16.9. The van der Waals surface area contributed by atoms with Gasteiger partial charge in [0.05, 0.1) is 0 Å². The number of aryl methyl sites for hydroxylation is 1. The van der Waals surface area contributed by atoms with Crippen LogP contribution in [0.4, 0.5) is 0 Å². The average Bonchev–Trinajstić information content (AvgIpc) is 3.04. The molecule has 1 heterocycles. The molecule has 0 spiro atoms. The summed E-state index contributed by atoms with van der Waals surface area (Å²) in [4.78, 5) is 11.7. The molecule has 0 aliphatic heterocycles. The van der Waals surface area contributed by atoms with Crippen LogP contribution >= 0.6 is 22.9 Å². The molecule has 7 heteroatoms. The van der Waals surface area contributed by atoms with E-state index in [1.54, 1.807) is 29.6 Å². The van der Waals surface area contributed by atoms with Gasteiger partial charge in [-0.3, -0.25) is 4.79 Å². The average molecular weight is 372 g/mol. The maximum absolute atomic E-state index is 12.9. The summed E-state index contributed by atoms with van der Waals surface area (Å²) in [6, 6.07) is 10.6. The highest BCUT2D eigenvalue weighted by atomic mass is 35.5. The van der Waals surface area contributed by atoms with Crippen molar-refractivity contribution in [2.24, 2.45) is 0 Å². The highest BCUT2D eigenvalue weighted by Crippen LogP contribution is 2.31. The van der Waals surface area contributed by atoms with E-state index in [1.807, 2.05) is 19.1 Å². The van der Waals surface area contributed by atoms with Gasteiger partial charge >= 0.3 is 0 Å². The molecule has 0 aliphatic rings. The first-order valence-electron chi connectivity index (χ1n) is 7.12. The Kier molecular flexibility index (Phi) is 6.21. The van der Waals surface area contributed by atoms with Crippen molar-refractivity contribution in [2.75, 3.05) is 12.4 Å². The van der Waals surface area contributed by atoms with Crippen LogP contribution in [-0.2, 0) is 14.6 Å². The molecule has 0 saturated heterocycles. The van der Waals surface area contributed by atoms with E-state index in [4.69, 9.17) is 11.6 Å². The Morgan fingerprint density at radius 2 is 1.96 bits per heavy atom. The summed E-state index contributed by atoms with van der Waals surface area (Å²) in [5.41, 5.74) is 1.71. The molecule has 2 rings (SSSR count). The third kappa shape index (κ3) is 4.56. The fourth-order valence-electron chi connectivity index (χ4n) is 2.13. The predicted octanol–water partition coefficient (Wildman–Crippen LogP) is 3.32. The van der Waals surface area contributed by atoms with Gasteiger partial charge in [0, 0.05) is 18.8 Å². The van der Waals surface area contributed by atoms with Crippen LogP contribution in [0.25, 0.3) is 0 Å². The lowest BCUT2D eigenvalue weighted by molar-refractivity contribution is -0.120. The molecule has 2 aromatic rings. The summed E-state index contributed by atoms with van der Waals surface area (Å²) in [5, 5.41) is 3.58. The van der Waals surface area contributed by atoms with Crippen LogP contribution in [-0.4, -0.2) is 26.7 Å². The minimum atomic E-state index is -3.56. The van der Waals surface area contributed by atoms with E-state index in [1.165, 1.54) is 11.3 Å². The van der Waals surface area contributed by atoms with Crippen molar-refractivity contribution >= 4 is 38.7 Å². The van der Waals surface area contributed by atoms with Gasteiger partial charge in [-0.2, -0.15) is 0 Å². The van der Waals surface area contributed by atoms with Crippen LogP contribution in [0.1, 0.15) is 22.8 Å². The normalized spacial score (nSPS) is 12.8. The second-order valence-electron chi connectivity index (χ2n) is 5.12. The van der Waals surface area contributed by atoms with Gasteiger partial charge in [0.1, 0.15) is 9.46 Å². The molecule has 1 aromatic carbocycles. The van der Waals surface area contributed by atoms with Crippen molar-refractivity contribution in [2.45, 2.75) is 22.8 Å². The molecule has 0 aliphatic carbocycles. The van der Waals surface area contributed by atoms with E-state index in [2.05, 4.69) is 5.32 Å². The fourth-order valence-corrected chi connectivity index (χ4v) is 5.17. The van der Waals surface area contributed by atoms with E-state index in [-0.39, 0.29) is 24.8 Å². The molecule has 1 N–H and O–H groups in total. The number of hydrogen-bond donors (Lipinski definition) is 1. The summed E-state index contributed by atoms with van der Waals surface area (Å²) in [6.07, 6.45) is 0.168. The monoisotopic (exact) mass is 371 g/mol. The number of benzene rings is 1. The number of thiophene rings is 1. The molecular formula is C16H18ClNO3S2. The lowest BCUT2D eigenvalue weighted by Gasteiger charge is -2.18. The first-order chi connectivity index (χ1) is 10.9. The van der Waals surface area contributed by atoms with E-state index in [0.717, 1.165) is 5.56 Å². The maximum Gasteiger partial charge on any atom is 0.221 e. The minimum absolute atomic E-state index is 0.0268. The van der Waals surface area contributed by atoms with Crippen LogP contribution in [0.2, 0.25) is 0 Å². The van der Waals surface area contributed by atoms with Gasteiger partial charge in [-0.15, -0.1) is 22.9 Å². The maximum atomic E-state index is 12.9. The van der Waals surface area contributed by atoms with Crippen molar-refractivity contribution in [3.8, 4) is 0 Å². The number of nitrogens with one attached hydrogen (secondary N) is 1. The lowest BCUT2D eigenvalue weighted by Crippen LogP contribution is -2.31. The molecule has 1 aromatic heterocycles. The Morgan fingerprint density at radius 1 is 1.26 bits per heavy atom. The summed E-state index contributed by atoms with van der Waals surface area (Å²) in [6.45, 7) is 1.97. The van der Waals surface area contributed by atoms with Gasteiger partial charge in [0.25, 0.3) is 0 Å². The molecule has 23 heavy (non-hydrogen) atoms. The van der Waals surface area contributed by atoms with E-state index in [9.17, 15) is 13.2 Å². The van der Waals surface area contributed by atoms with Crippen LogP contribution in [0, 0.1) is 6.92 Å². The number of alkyl halides is 1. The van der Waals surface area contributed by atoms with Crippen LogP contribution in [0.3, 0.4) is 0 Å². The smallest absolute Gasteiger partial charge is 0.221 e. The minimum Gasteiger partial charge on any atom is -0.354 e. The van der Waals surface area contributed by atoms with Crippen molar-refractivity contribution in [3.05, 3.63) is 52.9 Å². The molecule has 1 amide bonds. The van der Waals surface area contributed by atoms with E-state index in [0.29, 0.717) is 9.77 Å². The van der Waals surface area contributed by atoms with E-state index < -0.39 is 15.1 Å². The van der Waals surface area contributed by atoms with Crippen molar-refractivity contribution < 1.29 is 13.2 Å². The van der Waals surface area contributed by atoms with E-state index >= 15 is 0 Å². The SMILES string of the molecule is Cc1ccc([C@@H](CNC(=O)CCCl)S(=O)(=O)c2cccs2)cc1. The van der Waals surface area contributed by atoms with Gasteiger partial charge in [-0.05, 0) is 23.9 Å². The Labute approximate surface area is 145 Å². The molecule has 124 valence electrons. The third-order valence-corrected chi connectivity index (χ3v) is 7.13. The van der Waals surface area contributed by atoms with Crippen LogP contribution < -0.4 is 5.32 Å². The standard InChI is InChI=1S/C16H18ClNO3S2/c1-12-4-6-13(7-5-12)14(11-18-15(19)8-9-17)23(20,21)16-3-2-10-22-16/h2-7,10,14H,8-9,11H2,1H3,(H,18,19)/t14-/m1/s1. The number of halogens is 1. The van der Waals surface area contributed by atoms with Crippen molar-refractivity contribution in [1.29, 1.82) is 0 Å². The molecule has 0 saturated carbocycles. The van der Waals surface area contributed by atoms with Gasteiger partial charge in [0.2, 0.25) is 5.91 Å². The number of hydrogen-bond acceptors (Lipinski definition) is 4. The molecule has 0 unspecified atom stereocenters. The zero-order valence-corrected chi connectivity index (χ0v) is 15.0. The quantitative estimate of drug-likeness (QED) is 0.759. The Balaban J connectivity index is 2.31. The summed E-state index contributed by atoms with van der Waals surface area (Å²) >= 11 is 6.72. The molecule has 0 fully saturated rings. The second kappa shape index (κ2) is 7.95. The van der Waals surface area contributed by atoms with Crippen LogP contribution in [0.15, 0.2) is 46.0 Å². The number of sulfone groups is 1. The highest BCUT2D eigenvalue weighted by Gasteiger charge is 2.30. The fraction of sp³-hybridized carbons (Fsp3) is 0.312. The second-order valence-corrected chi connectivity index (χ2v) is 8.80. The number of carbonyl (C=O) groups excluding carboxylic acids is 1. The number of rotatable bonds is 7. The van der Waals surface area contributed by atoms with Crippen molar-refractivity contribution in [3.63, 3.8) is 0 Å². The third-order valence-electron chi connectivity index (χ3n) is 3.41. The molecular weight excluding hydrogens is 354 g/mol. The van der Waals surface area contributed by atoms with Crippen molar-refractivity contribution in [1.82, 2.24) is 5.32 Å². The highest BCUT2D eigenvalue weighted by molar-refractivity contribution is 7.93. The van der Waals surface area contributed by atoms with Gasteiger partial charge in [-0.1, -0.05) is 35.9 Å². The summed E-state index contributed by atoms with van der Waals surface area (Å²) in [7, 11) is -3.56. The molecule has 1 atom stereocenters. The first-order valence-corrected chi connectivity index (χ1v) is 10.1. The Bertz CT molecular complexity index is 740. The number of amides is 1. The first kappa shape index (κ1) is 18.0. The lowest BCUT2D eigenvalue weighted by atomic mass is 10.1. The molecule has 0 bridgehead atoms. The van der Waals surface area contributed by atoms with Gasteiger partial charge < -0.3 is 5.32 Å². The molecule has 4 nitrogen and oxygen atoms in total. The largest absolute Gasteiger partial charge is 0.354 e. The van der Waals surface area contributed by atoms with Crippen LogP contribution in [0.5, 0.6) is 0 Å². The topological polar surface area (TPSA) is 63.2 Å². The molecule has 0 radical (unpaired) electrons. The Hall–Kier alpha value is -1.37. The van der Waals surface area contributed by atoms with Gasteiger partial charge in [0.15, 0.2) is 9.84 Å². The Morgan fingerprint density at radius 3 is 2.52 bits per heavy atom. The summed E-state index contributed by atoms with van der Waals surface area (Å²) in [5.74, 6) is -0.0443. The number of carbonyl (C=O) groups is 1. The predicted molar refractivity (Wildman–Crippen MR) is 93.8 cm³/mol. The van der Waals surface area contributed by atoms with Gasteiger partial charge in [-0.25, -0.2) is 8.42 Å².